The van der Waals surface area contributed by atoms with Crippen molar-refractivity contribution >= 4 is 15.9 Å². The van der Waals surface area contributed by atoms with Crippen molar-refractivity contribution in [2.24, 2.45) is 5.92 Å². The van der Waals surface area contributed by atoms with Crippen LogP contribution in [-0.4, -0.2) is 38.9 Å². The van der Waals surface area contributed by atoms with Crippen LogP contribution in [0.15, 0.2) is 23.1 Å². The van der Waals surface area contributed by atoms with Crippen LogP contribution in [0.4, 0.5) is 0 Å². The Morgan fingerprint density at radius 2 is 1.85 bits per heavy atom. The van der Waals surface area contributed by atoms with Gasteiger partial charge in [0.1, 0.15) is 0 Å². The van der Waals surface area contributed by atoms with Gasteiger partial charge in [0.15, 0.2) is 0 Å². The molecule has 3 rings (SSSR count). The standard InChI is InChI=1S/C20H30N2O3S/c1-16-10-13-22(14-11-16)20(23)7-4-12-21-26(24,25)19-9-8-17-5-2-3-6-18(17)15-19/h8-9,15-16,21H,2-7,10-14H2,1H3. The van der Waals surface area contributed by atoms with E-state index in [4.69, 9.17) is 0 Å². The molecule has 1 amide bonds. The number of rotatable bonds is 6. The number of nitrogens with one attached hydrogen (secondary N) is 1. The van der Waals surface area contributed by atoms with E-state index in [1.807, 2.05) is 17.0 Å². The van der Waals surface area contributed by atoms with Gasteiger partial charge in [-0.05, 0) is 74.1 Å². The summed E-state index contributed by atoms with van der Waals surface area (Å²) in [7, 11) is -3.50. The van der Waals surface area contributed by atoms with E-state index in [0.717, 1.165) is 50.8 Å². The lowest BCUT2D eigenvalue weighted by molar-refractivity contribution is -0.132. The van der Waals surface area contributed by atoms with Crippen LogP contribution in [0.25, 0.3) is 0 Å². The van der Waals surface area contributed by atoms with E-state index in [0.29, 0.717) is 30.2 Å². The number of benzene rings is 1. The Kier molecular flexibility index (Phi) is 6.35. The molecule has 1 N–H and O–H groups in total. The summed E-state index contributed by atoms with van der Waals surface area (Å²) in [5.41, 5.74) is 2.44. The Morgan fingerprint density at radius 1 is 1.15 bits per heavy atom. The van der Waals surface area contributed by atoms with Gasteiger partial charge in [0.05, 0.1) is 4.90 Å². The fraction of sp³-hybridized carbons (Fsp3) is 0.650. The SMILES string of the molecule is CC1CCN(C(=O)CCCNS(=O)(=O)c2ccc3c(c2)CCCC3)CC1. The molecule has 0 saturated carbocycles. The number of nitrogens with zero attached hydrogens (tertiary/aromatic N) is 1. The Bertz CT molecular complexity index is 737. The number of carbonyl (C=O) groups excluding carboxylic acids is 1. The molecule has 1 aromatic rings. The predicted octanol–water partition coefficient (Wildman–Crippen LogP) is 2.88. The summed E-state index contributed by atoms with van der Waals surface area (Å²) in [4.78, 5) is 14.5. The summed E-state index contributed by atoms with van der Waals surface area (Å²) >= 11 is 0. The zero-order valence-electron chi connectivity index (χ0n) is 15.7. The molecule has 26 heavy (non-hydrogen) atoms. The largest absolute Gasteiger partial charge is 0.343 e. The van der Waals surface area contributed by atoms with Gasteiger partial charge in [-0.25, -0.2) is 13.1 Å². The Morgan fingerprint density at radius 3 is 2.58 bits per heavy atom. The van der Waals surface area contributed by atoms with Crippen molar-refractivity contribution in [3.63, 3.8) is 0 Å². The highest BCUT2D eigenvalue weighted by Crippen LogP contribution is 2.24. The monoisotopic (exact) mass is 378 g/mol. The van der Waals surface area contributed by atoms with Crippen LogP contribution in [0.1, 0.15) is 56.6 Å². The molecule has 1 saturated heterocycles. The van der Waals surface area contributed by atoms with E-state index in [1.165, 1.54) is 12.0 Å². The number of piperidine rings is 1. The second-order valence-corrected chi connectivity index (χ2v) is 9.47. The summed E-state index contributed by atoms with van der Waals surface area (Å²) in [5.74, 6) is 0.840. The highest BCUT2D eigenvalue weighted by atomic mass is 32.2. The number of likely N-dealkylation sites (tertiary alicyclic amines) is 1. The number of aryl methyl sites for hydroxylation is 2. The molecular formula is C20H30N2O3S. The maximum atomic E-state index is 12.5. The quantitative estimate of drug-likeness (QED) is 0.774. The highest BCUT2D eigenvalue weighted by Gasteiger charge is 2.21. The lowest BCUT2D eigenvalue weighted by Crippen LogP contribution is -2.38. The van der Waals surface area contributed by atoms with E-state index in [-0.39, 0.29) is 5.91 Å². The zero-order chi connectivity index (χ0) is 18.6. The van der Waals surface area contributed by atoms with Gasteiger partial charge in [-0.15, -0.1) is 0 Å². The fourth-order valence-corrected chi connectivity index (χ4v) is 4.95. The Labute approximate surface area is 157 Å². The summed E-state index contributed by atoms with van der Waals surface area (Å²) in [6.07, 6.45) is 7.38. The van der Waals surface area contributed by atoms with Crippen LogP contribution in [0.2, 0.25) is 0 Å². The summed E-state index contributed by atoms with van der Waals surface area (Å²) in [6.45, 7) is 4.19. The fourth-order valence-electron chi connectivity index (χ4n) is 3.82. The minimum absolute atomic E-state index is 0.143. The predicted molar refractivity (Wildman–Crippen MR) is 102 cm³/mol. The van der Waals surface area contributed by atoms with Gasteiger partial charge in [0, 0.05) is 26.1 Å². The molecule has 0 bridgehead atoms. The summed E-state index contributed by atoms with van der Waals surface area (Å²) < 4.78 is 27.6. The molecule has 1 fully saturated rings. The average molecular weight is 379 g/mol. The van der Waals surface area contributed by atoms with E-state index in [1.54, 1.807) is 6.07 Å². The van der Waals surface area contributed by atoms with Crippen molar-refractivity contribution < 1.29 is 13.2 Å². The molecule has 144 valence electrons. The van der Waals surface area contributed by atoms with Gasteiger partial charge >= 0.3 is 0 Å². The van der Waals surface area contributed by atoms with E-state index >= 15 is 0 Å². The normalized spacial score (nSPS) is 18.6. The first-order chi connectivity index (χ1) is 12.5. The molecule has 2 aliphatic rings. The number of carbonyl (C=O) groups is 1. The lowest BCUT2D eigenvalue weighted by Gasteiger charge is -2.30. The molecule has 1 aliphatic heterocycles. The van der Waals surface area contributed by atoms with Gasteiger partial charge in [0.25, 0.3) is 0 Å². The maximum Gasteiger partial charge on any atom is 0.240 e. The van der Waals surface area contributed by atoms with Crippen LogP contribution < -0.4 is 4.72 Å². The minimum Gasteiger partial charge on any atom is -0.343 e. The molecule has 1 heterocycles. The summed E-state index contributed by atoms with van der Waals surface area (Å²) in [5, 5.41) is 0. The van der Waals surface area contributed by atoms with Crippen LogP contribution in [0.5, 0.6) is 0 Å². The van der Waals surface area contributed by atoms with Crippen LogP contribution in [0.3, 0.4) is 0 Å². The second-order valence-electron chi connectivity index (χ2n) is 7.70. The van der Waals surface area contributed by atoms with E-state index in [2.05, 4.69) is 11.6 Å². The van der Waals surface area contributed by atoms with Gasteiger partial charge in [-0.3, -0.25) is 4.79 Å². The van der Waals surface area contributed by atoms with Crippen LogP contribution in [-0.2, 0) is 27.7 Å². The molecule has 6 heteroatoms. The molecule has 1 aromatic carbocycles. The van der Waals surface area contributed by atoms with Gasteiger partial charge in [-0.2, -0.15) is 0 Å². The Balaban J connectivity index is 1.47. The first-order valence-corrected chi connectivity index (χ1v) is 11.3. The van der Waals surface area contributed by atoms with Crippen molar-refractivity contribution in [3.8, 4) is 0 Å². The third kappa shape index (κ3) is 4.86. The zero-order valence-corrected chi connectivity index (χ0v) is 16.5. The number of fused-ring (bicyclic) bond motifs is 1. The van der Waals surface area contributed by atoms with Crippen molar-refractivity contribution in [2.45, 2.75) is 63.2 Å². The van der Waals surface area contributed by atoms with Crippen LogP contribution in [0, 0.1) is 5.92 Å². The Hall–Kier alpha value is -1.40. The van der Waals surface area contributed by atoms with Crippen molar-refractivity contribution in [1.82, 2.24) is 9.62 Å². The van der Waals surface area contributed by atoms with Gasteiger partial charge in [0.2, 0.25) is 15.9 Å². The number of sulfonamides is 1. The third-order valence-electron chi connectivity index (χ3n) is 5.63. The molecule has 1 aliphatic carbocycles. The highest BCUT2D eigenvalue weighted by molar-refractivity contribution is 7.89. The van der Waals surface area contributed by atoms with E-state index < -0.39 is 10.0 Å². The van der Waals surface area contributed by atoms with Crippen LogP contribution >= 0.6 is 0 Å². The number of hydrogen-bond donors (Lipinski definition) is 1. The van der Waals surface area contributed by atoms with E-state index in [9.17, 15) is 13.2 Å². The van der Waals surface area contributed by atoms with Crippen molar-refractivity contribution in [1.29, 1.82) is 0 Å². The molecular weight excluding hydrogens is 348 g/mol. The molecule has 0 spiro atoms. The minimum atomic E-state index is -3.50. The lowest BCUT2D eigenvalue weighted by atomic mass is 9.92. The first-order valence-electron chi connectivity index (χ1n) is 9.85. The molecule has 0 aromatic heterocycles. The van der Waals surface area contributed by atoms with Crippen molar-refractivity contribution in [2.75, 3.05) is 19.6 Å². The molecule has 0 radical (unpaired) electrons. The van der Waals surface area contributed by atoms with Gasteiger partial charge < -0.3 is 4.90 Å². The first kappa shape index (κ1) is 19.4. The maximum absolute atomic E-state index is 12.5. The topological polar surface area (TPSA) is 66.5 Å². The molecule has 5 nitrogen and oxygen atoms in total. The number of amides is 1. The summed E-state index contributed by atoms with van der Waals surface area (Å²) in [6, 6.07) is 5.47. The average Bonchev–Trinajstić information content (AvgIpc) is 2.65. The van der Waals surface area contributed by atoms with Crippen molar-refractivity contribution in [3.05, 3.63) is 29.3 Å². The third-order valence-corrected chi connectivity index (χ3v) is 7.08. The van der Waals surface area contributed by atoms with Gasteiger partial charge in [-0.1, -0.05) is 13.0 Å². The molecule has 0 unspecified atom stereocenters. The molecule has 0 atom stereocenters. The number of hydrogen-bond acceptors (Lipinski definition) is 3. The second kappa shape index (κ2) is 8.53. The smallest absolute Gasteiger partial charge is 0.240 e.